The molecular formula is C28H35N3O6. The predicted octanol–water partition coefficient (Wildman–Crippen LogP) is 2.64. The molecule has 1 aliphatic rings. The smallest absolute Gasteiger partial charge is 0.326 e. The summed E-state index contributed by atoms with van der Waals surface area (Å²) in [4.78, 5) is 52.8. The lowest BCUT2D eigenvalue weighted by Crippen LogP contribution is -2.52. The number of carbonyl (C=O) groups excluding carboxylic acids is 3. The molecule has 1 heterocycles. The van der Waals surface area contributed by atoms with Crippen molar-refractivity contribution in [1.82, 2.24) is 15.5 Å². The van der Waals surface area contributed by atoms with Gasteiger partial charge >= 0.3 is 5.97 Å². The van der Waals surface area contributed by atoms with E-state index in [9.17, 15) is 24.3 Å². The highest BCUT2D eigenvalue weighted by molar-refractivity contribution is 5.99. The lowest BCUT2D eigenvalue weighted by molar-refractivity contribution is -0.140. The summed E-state index contributed by atoms with van der Waals surface area (Å²) in [5.41, 5.74) is 1.19. The summed E-state index contributed by atoms with van der Waals surface area (Å²) in [6.45, 7) is 4.02. The summed E-state index contributed by atoms with van der Waals surface area (Å²) in [6.07, 6.45) is 0.649. The van der Waals surface area contributed by atoms with Gasteiger partial charge in [0.2, 0.25) is 11.8 Å². The summed E-state index contributed by atoms with van der Waals surface area (Å²) in [7, 11) is 1.69. The number of likely N-dealkylation sites (N-methyl/N-ethyl adjacent to an activating group) is 1. The molecule has 0 spiro atoms. The Bertz CT molecular complexity index is 1100. The highest BCUT2D eigenvalue weighted by Gasteiger charge is 2.31. The summed E-state index contributed by atoms with van der Waals surface area (Å²) >= 11 is 0. The fourth-order valence-electron chi connectivity index (χ4n) is 4.31. The number of hydrogen-bond acceptors (Lipinski definition) is 5. The number of para-hydroxylation sites is 1. The van der Waals surface area contributed by atoms with Gasteiger partial charge in [0.25, 0.3) is 5.91 Å². The zero-order valence-corrected chi connectivity index (χ0v) is 21.5. The largest absolute Gasteiger partial charge is 0.491 e. The normalized spacial score (nSPS) is 21.7. The topological polar surface area (TPSA) is 125 Å². The molecule has 1 aliphatic heterocycles. The number of amides is 3. The summed E-state index contributed by atoms with van der Waals surface area (Å²) < 4.78 is 6.08. The van der Waals surface area contributed by atoms with Crippen LogP contribution in [0.4, 0.5) is 0 Å². The molecule has 0 saturated carbocycles. The van der Waals surface area contributed by atoms with Crippen LogP contribution in [0.25, 0.3) is 0 Å². The van der Waals surface area contributed by atoms with Crippen molar-refractivity contribution in [2.75, 3.05) is 13.7 Å². The Labute approximate surface area is 217 Å². The van der Waals surface area contributed by atoms with Crippen molar-refractivity contribution in [2.24, 2.45) is 5.92 Å². The second kappa shape index (κ2) is 12.9. The van der Waals surface area contributed by atoms with Crippen LogP contribution in [0.1, 0.15) is 49.0 Å². The molecule has 0 fully saturated rings. The first-order chi connectivity index (χ1) is 17.7. The second-order valence-electron chi connectivity index (χ2n) is 9.75. The first-order valence-electron chi connectivity index (χ1n) is 12.5. The third kappa shape index (κ3) is 7.80. The Morgan fingerprint density at radius 3 is 2.41 bits per heavy atom. The fourth-order valence-corrected chi connectivity index (χ4v) is 4.31. The van der Waals surface area contributed by atoms with Gasteiger partial charge in [-0.05, 0) is 42.9 Å². The molecule has 3 atom stereocenters. The molecule has 9 nitrogen and oxygen atoms in total. The number of rotatable bonds is 5. The molecule has 3 N–H and O–H groups in total. The van der Waals surface area contributed by atoms with Crippen molar-refractivity contribution in [3.8, 4) is 5.75 Å². The SMILES string of the molecule is CC(C)C[C@@H]1NC(=O)CC[C@@H](C(=O)O)NC(=O)c2ccccc2OC[C@@H](Cc2ccccc2)N(C)C1=O. The first kappa shape index (κ1) is 27.7. The highest BCUT2D eigenvalue weighted by atomic mass is 16.5. The molecule has 9 heteroatoms. The summed E-state index contributed by atoms with van der Waals surface area (Å²) in [5.74, 6) is -2.14. The molecule has 37 heavy (non-hydrogen) atoms. The number of nitrogens with zero attached hydrogens (tertiary/aromatic N) is 1. The average Bonchev–Trinajstić information content (AvgIpc) is 2.87. The zero-order valence-electron chi connectivity index (χ0n) is 21.5. The molecule has 0 aliphatic carbocycles. The van der Waals surface area contributed by atoms with E-state index in [2.05, 4.69) is 10.6 Å². The van der Waals surface area contributed by atoms with Crippen LogP contribution in [-0.2, 0) is 20.8 Å². The van der Waals surface area contributed by atoms with E-state index in [0.29, 0.717) is 12.8 Å². The number of carboxylic acid groups (broad SMARTS) is 1. The monoisotopic (exact) mass is 509 g/mol. The Morgan fingerprint density at radius 1 is 1.05 bits per heavy atom. The first-order valence-corrected chi connectivity index (χ1v) is 12.5. The second-order valence-corrected chi connectivity index (χ2v) is 9.75. The molecule has 0 radical (unpaired) electrons. The number of hydrogen-bond donors (Lipinski definition) is 3. The molecule has 198 valence electrons. The van der Waals surface area contributed by atoms with E-state index in [1.54, 1.807) is 36.2 Å². The Kier molecular flexibility index (Phi) is 9.65. The van der Waals surface area contributed by atoms with Gasteiger partial charge in [-0.15, -0.1) is 0 Å². The molecule has 3 rings (SSSR count). The van der Waals surface area contributed by atoms with Crippen LogP contribution in [0.15, 0.2) is 54.6 Å². The van der Waals surface area contributed by atoms with E-state index in [0.717, 1.165) is 5.56 Å². The molecule has 0 bridgehead atoms. The van der Waals surface area contributed by atoms with Gasteiger partial charge in [0.05, 0.1) is 11.6 Å². The van der Waals surface area contributed by atoms with Gasteiger partial charge in [-0.25, -0.2) is 4.79 Å². The predicted molar refractivity (Wildman–Crippen MR) is 138 cm³/mol. The molecule has 2 aromatic rings. The number of carboxylic acids is 1. The summed E-state index contributed by atoms with van der Waals surface area (Å²) in [5, 5.41) is 14.9. The summed E-state index contributed by atoms with van der Waals surface area (Å²) in [6, 6.07) is 13.8. The van der Waals surface area contributed by atoms with E-state index < -0.39 is 35.9 Å². The maximum absolute atomic E-state index is 13.6. The van der Waals surface area contributed by atoms with E-state index >= 15 is 0 Å². The van der Waals surface area contributed by atoms with Gasteiger partial charge in [0, 0.05) is 13.5 Å². The molecule has 0 saturated heterocycles. The molecule has 2 aromatic carbocycles. The van der Waals surface area contributed by atoms with Crippen molar-refractivity contribution in [3.05, 3.63) is 65.7 Å². The highest BCUT2D eigenvalue weighted by Crippen LogP contribution is 2.21. The lowest BCUT2D eigenvalue weighted by atomic mass is 10.00. The molecule has 0 aromatic heterocycles. The number of benzene rings is 2. The quantitative estimate of drug-likeness (QED) is 0.569. The van der Waals surface area contributed by atoms with Crippen LogP contribution in [0.2, 0.25) is 0 Å². The minimum atomic E-state index is -1.27. The molecular weight excluding hydrogens is 474 g/mol. The van der Waals surface area contributed by atoms with Crippen LogP contribution in [0.3, 0.4) is 0 Å². The number of fused-ring (bicyclic) bond motifs is 1. The lowest BCUT2D eigenvalue weighted by Gasteiger charge is -2.32. The van der Waals surface area contributed by atoms with E-state index in [4.69, 9.17) is 4.74 Å². The molecule has 0 unspecified atom stereocenters. The van der Waals surface area contributed by atoms with Crippen molar-refractivity contribution in [1.29, 1.82) is 0 Å². The number of ether oxygens (including phenoxy) is 1. The van der Waals surface area contributed by atoms with E-state index in [1.165, 1.54) is 0 Å². The Hall–Kier alpha value is -3.88. The van der Waals surface area contributed by atoms with Gasteiger partial charge in [-0.2, -0.15) is 0 Å². The van der Waals surface area contributed by atoms with E-state index in [1.807, 2.05) is 44.2 Å². The fraction of sp³-hybridized carbons (Fsp3) is 0.429. The third-order valence-corrected chi connectivity index (χ3v) is 6.38. The third-order valence-electron chi connectivity index (χ3n) is 6.38. The van der Waals surface area contributed by atoms with Crippen LogP contribution in [0, 0.1) is 5.92 Å². The Morgan fingerprint density at radius 2 is 1.73 bits per heavy atom. The van der Waals surface area contributed by atoms with Crippen molar-refractivity contribution in [3.63, 3.8) is 0 Å². The molecule has 3 amide bonds. The van der Waals surface area contributed by atoms with E-state index in [-0.39, 0.29) is 42.6 Å². The maximum Gasteiger partial charge on any atom is 0.326 e. The van der Waals surface area contributed by atoms with Gasteiger partial charge in [-0.3, -0.25) is 14.4 Å². The van der Waals surface area contributed by atoms with Gasteiger partial charge in [-0.1, -0.05) is 56.3 Å². The zero-order chi connectivity index (χ0) is 26.9. The van der Waals surface area contributed by atoms with Crippen LogP contribution in [0.5, 0.6) is 5.75 Å². The van der Waals surface area contributed by atoms with Crippen molar-refractivity contribution >= 4 is 23.7 Å². The van der Waals surface area contributed by atoms with Crippen LogP contribution < -0.4 is 15.4 Å². The number of nitrogens with one attached hydrogen (secondary N) is 2. The van der Waals surface area contributed by atoms with Crippen molar-refractivity contribution in [2.45, 2.75) is 57.7 Å². The minimum absolute atomic E-state index is 0.0894. The standard InChI is InChI=1S/C28H35N3O6/c1-18(2)15-23-27(34)31(3)20(16-19-9-5-4-6-10-19)17-37-24-12-8-7-11-21(24)26(33)30-22(28(35)36)13-14-25(32)29-23/h4-12,18,20,22-23H,13-17H2,1-3H3,(H,29,32)(H,30,33)(H,35,36)/t20-,22+,23+/m1/s1. The minimum Gasteiger partial charge on any atom is -0.491 e. The number of aliphatic carboxylic acids is 1. The van der Waals surface area contributed by atoms with Gasteiger partial charge in [0.15, 0.2) is 0 Å². The van der Waals surface area contributed by atoms with Crippen molar-refractivity contribution < 1.29 is 29.0 Å². The Balaban J connectivity index is 1.99. The maximum atomic E-state index is 13.6. The van der Waals surface area contributed by atoms with Gasteiger partial charge in [0.1, 0.15) is 24.4 Å². The number of carbonyl (C=O) groups is 4. The van der Waals surface area contributed by atoms with Crippen LogP contribution >= 0.6 is 0 Å². The van der Waals surface area contributed by atoms with Crippen LogP contribution in [-0.4, -0.2) is 65.5 Å². The average molecular weight is 510 g/mol. The van der Waals surface area contributed by atoms with Gasteiger partial charge < -0.3 is 25.4 Å².